The van der Waals surface area contributed by atoms with Gasteiger partial charge in [0.15, 0.2) is 0 Å². The Labute approximate surface area is 176 Å². The number of aromatic nitrogens is 2. The largest absolute Gasteiger partial charge is 0.494 e. The van der Waals surface area contributed by atoms with Gasteiger partial charge in [0.1, 0.15) is 0 Å². The number of hydrogen-bond acceptors (Lipinski definition) is 6. The molecule has 2 aromatic rings. The molecular weight excluding hydrogens is 383 g/mol. The normalized spacial score (nSPS) is 25.3. The van der Waals surface area contributed by atoms with Gasteiger partial charge >= 0.3 is 13.2 Å². The minimum Gasteiger partial charge on any atom is -0.465 e. The first-order valence-corrected chi connectivity index (χ1v) is 10.5. The summed E-state index contributed by atoms with van der Waals surface area (Å²) in [6.07, 6.45) is 4.26. The number of carbonyl (C=O) groups is 1. The molecule has 1 amide bonds. The molecule has 8 nitrogen and oxygen atoms in total. The van der Waals surface area contributed by atoms with E-state index in [0.29, 0.717) is 5.95 Å². The van der Waals surface area contributed by atoms with Gasteiger partial charge in [0, 0.05) is 23.7 Å². The highest BCUT2D eigenvalue weighted by atomic mass is 16.7. The van der Waals surface area contributed by atoms with Crippen molar-refractivity contribution in [1.82, 2.24) is 15.3 Å². The van der Waals surface area contributed by atoms with Crippen molar-refractivity contribution in [1.29, 1.82) is 0 Å². The van der Waals surface area contributed by atoms with Gasteiger partial charge in [0.25, 0.3) is 0 Å². The zero-order valence-corrected chi connectivity index (χ0v) is 17.9. The van der Waals surface area contributed by atoms with E-state index in [1.54, 1.807) is 0 Å². The Morgan fingerprint density at radius 1 is 1.10 bits per heavy atom. The molecule has 30 heavy (non-hydrogen) atoms. The minimum absolute atomic E-state index is 0.0338. The van der Waals surface area contributed by atoms with Gasteiger partial charge in [-0.05, 0) is 64.9 Å². The lowest BCUT2D eigenvalue weighted by molar-refractivity contribution is 0.00578. The summed E-state index contributed by atoms with van der Waals surface area (Å²) in [4.78, 5) is 19.9. The maximum absolute atomic E-state index is 10.8. The monoisotopic (exact) mass is 412 g/mol. The number of hydrogen-bond donors (Lipinski definition) is 3. The van der Waals surface area contributed by atoms with Crippen LogP contribution in [0.15, 0.2) is 24.4 Å². The van der Waals surface area contributed by atoms with Gasteiger partial charge in [-0.25, -0.2) is 14.8 Å². The van der Waals surface area contributed by atoms with Crippen LogP contribution in [0.2, 0.25) is 0 Å². The van der Waals surface area contributed by atoms with Crippen molar-refractivity contribution in [2.45, 2.75) is 76.7 Å². The van der Waals surface area contributed by atoms with E-state index >= 15 is 0 Å². The quantitative estimate of drug-likeness (QED) is 0.663. The second-order valence-corrected chi connectivity index (χ2v) is 9.24. The molecule has 1 aliphatic heterocycles. The number of carboxylic acid groups (broad SMARTS) is 1. The van der Waals surface area contributed by atoms with Crippen LogP contribution in [0.1, 0.15) is 53.4 Å². The predicted octanol–water partition coefficient (Wildman–Crippen LogP) is 2.92. The molecule has 2 fully saturated rings. The van der Waals surface area contributed by atoms with E-state index in [2.05, 4.69) is 20.6 Å². The van der Waals surface area contributed by atoms with E-state index < -0.39 is 13.2 Å². The van der Waals surface area contributed by atoms with Crippen LogP contribution < -0.4 is 16.1 Å². The number of rotatable bonds is 4. The van der Waals surface area contributed by atoms with Crippen LogP contribution in [0, 0.1) is 0 Å². The third-order valence-corrected chi connectivity index (χ3v) is 6.52. The molecule has 0 radical (unpaired) electrons. The second-order valence-electron chi connectivity index (χ2n) is 9.24. The van der Waals surface area contributed by atoms with Crippen LogP contribution in [0.3, 0.4) is 0 Å². The number of nitrogens with zero attached hydrogens (tertiary/aromatic N) is 2. The third-order valence-electron chi connectivity index (χ3n) is 6.52. The van der Waals surface area contributed by atoms with E-state index in [0.717, 1.165) is 42.0 Å². The molecule has 3 N–H and O–H groups in total. The van der Waals surface area contributed by atoms with Crippen LogP contribution in [0.25, 0.3) is 10.9 Å². The lowest BCUT2D eigenvalue weighted by Gasteiger charge is -2.32. The summed E-state index contributed by atoms with van der Waals surface area (Å²) in [5.41, 5.74) is 1.05. The average molecular weight is 412 g/mol. The van der Waals surface area contributed by atoms with Gasteiger partial charge in [0.05, 0.1) is 16.7 Å². The van der Waals surface area contributed by atoms with E-state index in [1.807, 2.05) is 52.1 Å². The maximum atomic E-state index is 10.8. The summed E-state index contributed by atoms with van der Waals surface area (Å²) in [5.74, 6) is 0.598. The van der Waals surface area contributed by atoms with Gasteiger partial charge in [0.2, 0.25) is 5.95 Å². The first-order chi connectivity index (χ1) is 14.1. The third kappa shape index (κ3) is 4.22. The first-order valence-electron chi connectivity index (χ1n) is 10.5. The minimum atomic E-state index is -0.954. The molecule has 2 heterocycles. The molecule has 1 aromatic carbocycles. The second kappa shape index (κ2) is 7.70. The molecular formula is C21H29BN4O4. The van der Waals surface area contributed by atoms with Crippen LogP contribution in [0.5, 0.6) is 0 Å². The zero-order valence-electron chi connectivity index (χ0n) is 17.9. The summed E-state index contributed by atoms with van der Waals surface area (Å²) in [6.45, 7) is 8.17. The predicted molar refractivity (Wildman–Crippen MR) is 116 cm³/mol. The Morgan fingerprint density at radius 3 is 2.37 bits per heavy atom. The Hall–Kier alpha value is -2.39. The van der Waals surface area contributed by atoms with Crippen molar-refractivity contribution in [3.05, 3.63) is 24.4 Å². The van der Waals surface area contributed by atoms with E-state index in [9.17, 15) is 4.79 Å². The van der Waals surface area contributed by atoms with E-state index in [-0.39, 0.29) is 23.3 Å². The number of fused-ring (bicyclic) bond motifs is 1. The molecule has 0 atom stereocenters. The number of anilines is 1. The lowest BCUT2D eigenvalue weighted by atomic mass is 9.78. The summed E-state index contributed by atoms with van der Waals surface area (Å²) < 4.78 is 12.3. The highest BCUT2D eigenvalue weighted by Gasteiger charge is 2.51. The maximum Gasteiger partial charge on any atom is 0.494 e. The Bertz CT molecular complexity index is 928. The fourth-order valence-corrected chi connectivity index (χ4v) is 3.99. The summed E-state index contributed by atoms with van der Waals surface area (Å²) in [7, 11) is -0.410. The molecule has 2 aliphatic rings. The number of benzene rings is 1. The molecule has 1 aliphatic carbocycles. The highest BCUT2D eigenvalue weighted by molar-refractivity contribution is 6.62. The van der Waals surface area contributed by atoms with Crippen LogP contribution >= 0.6 is 0 Å². The molecule has 1 saturated heterocycles. The van der Waals surface area contributed by atoms with Crippen molar-refractivity contribution in [2.75, 3.05) is 5.32 Å². The topological polar surface area (TPSA) is 106 Å². The summed E-state index contributed by atoms with van der Waals surface area (Å²) >= 11 is 0. The standard InChI is InChI=1S/C21H29BN4O4/c1-20(2)21(3,4)30-22(29-20)14-5-10-17-13(11-14)12-23-18(26-17)24-15-6-8-16(9-7-15)25-19(27)28/h5,10-12,15-16,25H,6-9H2,1-4H3,(H,27,28)(H,23,24,26)/t15-,16-. The Morgan fingerprint density at radius 2 is 1.73 bits per heavy atom. The molecule has 0 spiro atoms. The number of amides is 1. The van der Waals surface area contributed by atoms with E-state index in [1.165, 1.54) is 0 Å². The van der Waals surface area contributed by atoms with Gasteiger partial charge in [-0.2, -0.15) is 0 Å². The van der Waals surface area contributed by atoms with Gasteiger partial charge < -0.3 is 25.0 Å². The van der Waals surface area contributed by atoms with Crippen molar-refractivity contribution in [3.8, 4) is 0 Å². The fourth-order valence-electron chi connectivity index (χ4n) is 3.99. The molecule has 160 valence electrons. The van der Waals surface area contributed by atoms with Crippen LogP contribution in [-0.2, 0) is 9.31 Å². The van der Waals surface area contributed by atoms with Crippen molar-refractivity contribution in [2.24, 2.45) is 0 Å². The average Bonchev–Trinajstić information content (AvgIpc) is 2.90. The Balaban J connectivity index is 1.42. The van der Waals surface area contributed by atoms with Crippen molar-refractivity contribution >= 4 is 35.5 Å². The zero-order chi connectivity index (χ0) is 21.5. The van der Waals surface area contributed by atoms with Crippen LogP contribution in [-0.4, -0.2) is 51.6 Å². The first kappa shape index (κ1) is 20.9. The smallest absolute Gasteiger partial charge is 0.465 e. The fraction of sp³-hybridized carbons (Fsp3) is 0.571. The molecule has 0 bridgehead atoms. The lowest BCUT2D eigenvalue weighted by Crippen LogP contribution is -2.41. The van der Waals surface area contributed by atoms with Crippen molar-refractivity contribution in [3.63, 3.8) is 0 Å². The molecule has 1 aromatic heterocycles. The summed E-state index contributed by atoms with van der Waals surface area (Å²) in [5, 5.41) is 15.7. The number of nitrogens with one attached hydrogen (secondary N) is 2. The van der Waals surface area contributed by atoms with Gasteiger partial charge in [-0.15, -0.1) is 0 Å². The van der Waals surface area contributed by atoms with Gasteiger partial charge in [-0.3, -0.25) is 0 Å². The van der Waals surface area contributed by atoms with Crippen molar-refractivity contribution < 1.29 is 19.2 Å². The van der Waals surface area contributed by atoms with Crippen LogP contribution in [0.4, 0.5) is 10.7 Å². The van der Waals surface area contributed by atoms with Gasteiger partial charge in [-0.1, -0.05) is 12.1 Å². The molecule has 1 saturated carbocycles. The SMILES string of the molecule is CC1(C)OB(c2ccc3nc(N[C@H]4CC[C@H](NC(=O)O)CC4)ncc3c2)OC1(C)C. The molecule has 4 rings (SSSR count). The molecule has 9 heteroatoms. The molecule has 0 unspecified atom stereocenters. The Kier molecular flexibility index (Phi) is 5.36. The highest BCUT2D eigenvalue weighted by Crippen LogP contribution is 2.36. The van der Waals surface area contributed by atoms with E-state index in [4.69, 9.17) is 14.4 Å². The summed E-state index contributed by atoms with van der Waals surface area (Å²) in [6, 6.07) is 6.26.